The number of rotatable bonds is 8. The lowest BCUT2D eigenvalue weighted by atomic mass is 10.0. The van der Waals surface area contributed by atoms with Gasteiger partial charge in [0.05, 0.1) is 11.9 Å². The van der Waals surface area contributed by atoms with Crippen LogP contribution >= 0.6 is 0 Å². The Morgan fingerprint density at radius 2 is 2.12 bits per heavy atom. The van der Waals surface area contributed by atoms with Crippen LogP contribution in [0.5, 0.6) is 5.75 Å². The highest BCUT2D eigenvalue weighted by atomic mass is 16.5. The van der Waals surface area contributed by atoms with Crippen molar-refractivity contribution in [2.75, 3.05) is 12.4 Å². The molecule has 0 aliphatic carbocycles. The van der Waals surface area contributed by atoms with Gasteiger partial charge in [0.25, 0.3) is 11.5 Å². The Morgan fingerprint density at radius 1 is 1.31 bits per heavy atom. The molecule has 0 saturated carbocycles. The average Bonchev–Trinajstić information content (AvgIpc) is 2.76. The Labute approximate surface area is 185 Å². The average molecular weight is 435 g/mol. The number of aliphatic imine (C=N–C) groups is 1. The number of amides is 1. The minimum atomic E-state index is -0.681. The van der Waals surface area contributed by atoms with Gasteiger partial charge in [-0.2, -0.15) is 0 Å². The van der Waals surface area contributed by atoms with Crippen LogP contribution in [0.3, 0.4) is 0 Å². The molecule has 0 radical (unpaired) electrons. The van der Waals surface area contributed by atoms with E-state index >= 15 is 0 Å². The van der Waals surface area contributed by atoms with Gasteiger partial charge in [0.1, 0.15) is 28.6 Å². The van der Waals surface area contributed by atoms with Gasteiger partial charge in [-0.1, -0.05) is 0 Å². The van der Waals surface area contributed by atoms with Gasteiger partial charge in [-0.05, 0) is 31.2 Å². The highest BCUT2D eigenvalue weighted by Crippen LogP contribution is 2.26. The molecule has 3 rings (SSSR count). The number of aromatic nitrogens is 2. The Bertz CT molecular complexity index is 1150. The molecule has 2 aromatic rings. The van der Waals surface area contributed by atoms with Crippen LogP contribution in [-0.2, 0) is 7.05 Å². The normalized spacial score (nSPS) is 17.8. The summed E-state index contributed by atoms with van der Waals surface area (Å²) in [7, 11) is 3.33. The van der Waals surface area contributed by atoms with Gasteiger partial charge in [-0.3, -0.25) is 9.59 Å². The van der Waals surface area contributed by atoms with E-state index in [9.17, 15) is 9.59 Å². The summed E-state index contributed by atoms with van der Waals surface area (Å²) in [6.45, 7) is 1.91. The van der Waals surface area contributed by atoms with Gasteiger partial charge in [0, 0.05) is 51.4 Å². The number of hydrogen-bond donors (Lipinski definition) is 4. The quantitative estimate of drug-likeness (QED) is 0.467. The van der Waals surface area contributed by atoms with E-state index in [0.29, 0.717) is 29.5 Å². The lowest BCUT2D eigenvalue weighted by molar-refractivity contribution is 0.102. The SMILES string of the molecule is CN/C=C(\C=N)NC1=CC(C)(Oc2ccc(NC(=O)c3cccn(C)c3=O)nc2)CC=N1. The molecule has 3 heterocycles. The van der Waals surface area contributed by atoms with Crippen molar-refractivity contribution in [3.05, 3.63) is 76.4 Å². The summed E-state index contributed by atoms with van der Waals surface area (Å²) in [6, 6.07) is 6.39. The van der Waals surface area contributed by atoms with Crippen molar-refractivity contribution in [3.8, 4) is 5.75 Å². The number of carbonyl (C=O) groups excluding carboxylic acids is 1. The van der Waals surface area contributed by atoms with Gasteiger partial charge >= 0.3 is 0 Å². The smallest absolute Gasteiger partial charge is 0.263 e. The van der Waals surface area contributed by atoms with Gasteiger partial charge < -0.3 is 30.7 Å². The minimum absolute atomic E-state index is 0.0351. The maximum Gasteiger partial charge on any atom is 0.263 e. The Hall–Kier alpha value is -4.21. The zero-order valence-electron chi connectivity index (χ0n) is 18.0. The molecule has 1 unspecified atom stereocenters. The second kappa shape index (κ2) is 9.73. The summed E-state index contributed by atoms with van der Waals surface area (Å²) in [5.74, 6) is 0.836. The predicted molar refractivity (Wildman–Crippen MR) is 123 cm³/mol. The van der Waals surface area contributed by atoms with Crippen LogP contribution in [0.25, 0.3) is 0 Å². The van der Waals surface area contributed by atoms with Crippen molar-refractivity contribution in [2.24, 2.45) is 12.0 Å². The Kier molecular flexibility index (Phi) is 6.83. The summed E-state index contributed by atoms with van der Waals surface area (Å²) in [5.41, 5.74) is -0.480. The fourth-order valence-corrected chi connectivity index (χ4v) is 3.00. The first-order valence-electron chi connectivity index (χ1n) is 9.86. The van der Waals surface area contributed by atoms with Crippen molar-refractivity contribution in [2.45, 2.75) is 18.9 Å². The van der Waals surface area contributed by atoms with E-state index in [-0.39, 0.29) is 11.1 Å². The molecule has 0 fully saturated rings. The summed E-state index contributed by atoms with van der Waals surface area (Å²) < 4.78 is 7.44. The summed E-state index contributed by atoms with van der Waals surface area (Å²) in [5, 5.41) is 16.0. The lowest BCUT2D eigenvalue weighted by Crippen LogP contribution is -2.34. The number of ether oxygens (including phenoxy) is 1. The fourth-order valence-electron chi connectivity index (χ4n) is 3.00. The van der Waals surface area contributed by atoms with E-state index in [0.717, 1.165) is 0 Å². The maximum absolute atomic E-state index is 12.4. The number of anilines is 1. The van der Waals surface area contributed by atoms with Gasteiger partial charge in [-0.15, -0.1) is 0 Å². The second-order valence-corrected chi connectivity index (χ2v) is 7.29. The maximum atomic E-state index is 12.4. The van der Waals surface area contributed by atoms with Crippen LogP contribution < -0.4 is 26.2 Å². The van der Waals surface area contributed by atoms with Crippen molar-refractivity contribution in [1.82, 2.24) is 20.2 Å². The molecule has 166 valence electrons. The molecule has 4 N–H and O–H groups in total. The summed E-state index contributed by atoms with van der Waals surface area (Å²) in [4.78, 5) is 33.0. The van der Waals surface area contributed by atoms with E-state index in [1.807, 2.05) is 13.0 Å². The van der Waals surface area contributed by atoms with Crippen molar-refractivity contribution in [3.63, 3.8) is 0 Å². The topological polar surface area (TPSA) is 133 Å². The standard InChI is InChI=1S/C22H25N7O3/c1-22(8-9-25-19(11-22)27-15(12-23)13-24-2)32-16-6-7-18(26-14-16)28-20(30)17-5-4-10-29(3)21(17)31/h4-7,9-14,23-24,27H,8H2,1-3H3,(H,26,28,30)/b15-13+,23-12?. The van der Waals surface area contributed by atoms with E-state index in [4.69, 9.17) is 10.1 Å². The molecule has 10 nitrogen and oxygen atoms in total. The molecule has 0 aromatic carbocycles. The van der Waals surface area contributed by atoms with E-state index in [1.54, 1.807) is 50.9 Å². The van der Waals surface area contributed by atoms with Gasteiger partial charge in [0.2, 0.25) is 0 Å². The van der Waals surface area contributed by atoms with Crippen molar-refractivity contribution >= 4 is 24.2 Å². The molecule has 0 bridgehead atoms. The third-order valence-electron chi connectivity index (χ3n) is 4.59. The minimum Gasteiger partial charge on any atom is -0.481 e. The Morgan fingerprint density at radius 3 is 2.81 bits per heavy atom. The number of carbonyl (C=O) groups is 1. The van der Waals surface area contributed by atoms with Crippen LogP contribution in [0.2, 0.25) is 0 Å². The lowest BCUT2D eigenvalue weighted by Gasteiger charge is -2.29. The second-order valence-electron chi connectivity index (χ2n) is 7.29. The first-order valence-corrected chi connectivity index (χ1v) is 9.86. The largest absolute Gasteiger partial charge is 0.481 e. The molecule has 1 aliphatic rings. The molecular weight excluding hydrogens is 410 g/mol. The highest BCUT2D eigenvalue weighted by molar-refractivity contribution is 6.03. The van der Waals surface area contributed by atoms with Crippen LogP contribution in [0.4, 0.5) is 5.82 Å². The third kappa shape index (κ3) is 5.48. The summed E-state index contributed by atoms with van der Waals surface area (Å²) >= 11 is 0. The zero-order valence-corrected chi connectivity index (χ0v) is 18.0. The van der Waals surface area contributed by atoms with Crippen LogP contribution in [-0.4, -0.2) is 40.5 Å². The van der Waals surface area contributed by atoms with E-state index in [1.165, 1.54) is 23.0 Å². The molecule has 1 atom stereocenters. The molecule has 2 aromatic heterocycles. The predicted octanol–water partition coefficient (Wildman–Crippen LogP) is 1.79. The highest BCUT2D eigenvalue weighted by Gasteiger charge is 2.27. The number of allylic oxidation sites excluding steroid dienone is 1. The fraction of sp³-hybridized carbons (Fsp3) is 0.227. The zero-order chi connectivity index (χ0) is 23.1. The molecule has 10 heteroatoms. The number of pyridine rings is 2. The first-order chi connectivity index (χ1) is 15.3. The number of nitrogens with one attached hydrogen (secondary N) is 4. The molecule has 0 saturated heterocycles. The van der Waals surface area contributed by atoms with E-state index in [2.05, 4.69) is 25.9 Å². The molecule has 1 amide bonds. The van der Waals surface area contributed by atoms with Gasteiger partial charge in [-0.25, -0.2) is 9.98 Å². The number of nitrogens with zero attached hydrogens (tertiary/aromatic N) is 3. The van der Waals surface area contributed by atoms with Crippen LogP contribution in [0.15, 0.2) is 70.2 Å². The molecule has 32 heavy (non-hydrogen) atoms. The molecule has 1 aliphatic heterocycles. The van der Waals surface area contributed by atoms with Crippen molar-refractivity contribution < 1.29 is 9.53 Å². The van der Waals surface area contributed by atoms with Gasteiger partial charge in [0.15, 0.2) is 0 Å². The molecule has 0 spiro atoms. The molecular formula is C22H25N7O3. The first kappa shape index (κ1) is 22.5. The van der Waals surface area contributed by atoms with Crippen LogP contribution in [0, 0.1) is 5.41 Å². The van der Waals surface area contributed by atoms with E-state index < -0.39 is 11.5 Å². The summed E-state index contributed by atoms with van der Waals surface area (Å²) in [6.07, 6.45) is 10.0. The monoisotopic (exact) mass is 435 g/mol. The Balaban J connectivity index is 1.68. The number of hydrogen-bond acceptors (Lipinski definition) is 8. The van der Waals surface area contributed by atoms with Crippen LogP contribution in [0.1, 0.15) is 23.7 Å². The third-order valence-corrected chi connectivity index (χ3v) is 4.59. The number of aryl methyl sites for hydroxylation is 1. The van der Waals surface area contributed by atoms with Crippen molar-refractivity contribution in [1.29, 1.82) is 5.41 Å².